The molecule has 4 atom stereocenters. The van der Waals surface area contributed by atoms with E-state index in [-0.39, 0.29) is 42.8 Å². The second-order valence-electron chi connectivity index (χ2n) is 12.6. The van der Waals surface area contributed by atoms with Gasteiger partial charge >= 0.3 is 6.09 Å². The van der Waals surface area contributed by atoms with Crippen LogP contribution in [-0.4, -0.2) is 83.7 Å². The molecule has 3 amide bonds. The molecule has 0 radical (unpaired) electrons. The van der Waals surface area contributed by atoms with Crippen LogP contribution in [0, 0.1) is 11.6 Å². The van der Waals surface area contributed by atoms with Crippen LogP contribution < -0.4 is 16.0 Å². The van der Waals surface area contributed by atoms with E-state index in [1.165, 1.54) is 12.5 Å². The summed E-state index contributed by atoms with van der Waals surface area (Å²) in [5.74, 6) is -2.46. The molecule has 4 N–H and O–H groups in total. The van der Waals surface area contributed by atoms with Crippen LogP contribution in [0.25, 0.3) is 0 Å². The predicted molar refractivity (Wildman–Crippen MR) is 188 cm³/mol. The molecule has 1 fully saturated rings. The lowest BCUT2D eigenvalue weighted by molar-refractivity contribution is -0.234. The van der Waals surface area contributed by atoms with Gasteiger partial charge < -0.3 is 30.7 Å². The van der Waals surface area contributed by atoms with E-state index in [2.05, 4.69) is 28.9 Å². The number of nitrogens with zero attached hydrogens (tertiary/aromatic N) is 1. The summed E-state index contributed by atoms with van der Waals surface area (Å²) < 4.78 is 39.1. The van der Waals surface area contributed by atoms with Gasteiger partial charge in [-0.15, -0.1) is 0 Å². The maximum atomic E-state index is 14.1. The van der Waals surface area contributed by atoms with Gasteiger partial charge in [0.25, 0.3) is 0 Å². The SMILES string of the molecule is CCCC(CCC)OOSCC(NC(=O)O[C@@H]1CCN(C(C)=O)C1)C(=O)N[C@@H](Cc1cc(F)cc(F)c1)[C@H](O)CNCc1cccc(CC)c1. The van der Waals surface area contributed by atoms with Crippen molar-refractivity contribution in [2.24, 2.45) is 0 Å². The number of aliphatic hydroxyl groups is 1. The number of ether oxygens (including phenoxy) is 1. The number of alkyl carbamates (subject to hydrolysis) is 1. The molecule has 50 heavy (non-hydrogen) atoms. The fourth-order valence-electron chi connectivity index (χ4n) is 5.70. The Morgan fingerprint density at radius 2 is 1.70 bits per heavy atom. The summed E-state index contributed by atoms with van der Waals surface area (Å²) in [6.07, 6.45) is 1.91. The molecule has 0 spiro atoms. The number of carbonyl (C=O) groups excluding carboxylic acids is 3. The number of benzene rings is 2. The molecule has 11 nitrogen and oxygen atoms in total. The lowest BCUT2D eigenvalue weighted by Gasteiger charge is -2.27. The third-order valence-electron chi connectivity index (χ3n) is 8.40. The lowest BCUT2D eigenvalue weighted by atomic mass is 10.00. The molecule has 1 heterocycles. The van der Waals surface area contributed by atoms with Crippen molar-refractivity contribution >= 4 is 30.0 Å². The van der Waals surface area contributed by atoms with Gasteiger partial charge in [-0.2, -0.15) is 4.33 Å². The molecule has 1 aliphatic rings. The van der Waals surface area contributed by atoms with Crippen molar-refractivity contribution in [3.8, 4) is 0 Å². The largest absolute Gasteiger partial charge is 0.444 e. The Balaban J connectivity index is 1.73. The summed E-state index contributed by atoms with van der Waals surface area (Å²) in [4.78, 5) is 45.6. The molecule has 2 aromatic carbocycles. The molecular weight excluding hydrogens is 670 g/mol. The van der Waals surface area contributed by atoms with E-state index in [4.69, 9.17) is 14.0 Å². The summed E-state index contributed by atoms with van der Waals surface area (Å²) in [7, 11) is 0. The minimum Gasteiger partial charge on any atom is -0.444 e. The van der Waals surface area contributed by atoms with E-state index < -0.39 is 47.9 Å². The van der Waals surface area contributed by atoms with Gasteiger partial charge in [0.15, 0.2) is 0 Å². The minimum absolute atomic E-state index is 0.0511. The number of aryl methyl sites for hydroxylation is 1. The normalized spacial score (nSPS) is 16.2. The topological polar surface area (TPSA) is 138 Å². The Kier molecular flexibility index (Phi) is 17.9. The first-order valence-electron chi connectivity index (χ1n) is 17.4. The zero-order valence-electron chi connectivity index (χ0n) is 29.4. The van der Waals surface area contributed by atoms with Crippen LogP contribution in [0.15, 0.2) is 42.5 Å². The summed E-state index contributed by atoms with van der Waals surface area (Å²) >= 11 is 0.836. The van der Waals surface area contributed by atoms with Crippen LogP contribution in [0.2, 0.25) is 0 Å². The number of hydrogen-bond acceptors (Lipinski definition) is 9. The van der Waals surface area contributed by atoms with Crippen molar-refractivity contribution in [3.63, 3.8) is 0 Å². The Labute approximate surface area is 298 Å². The second-order valence-corrected chi connectivity index (χ2v) is 13.3. The van der Waals surface area contributed by atoms with Crippen molar-refractivity contribution < 1.29 is 42.2 Å². The third-order valence-corrected chi connectivity index (χ3v) is 9.05. The molecule has 0 saturated carbocycles. The highest BCUT2D eigenvalue weighted by molar-refractivity contribution is 7.94. The standard InChI is InChI=1S/C36H52F2N4O7S/c1-5-9-30(10-6-2)48-49-50-23-33(41-36(46)47-31-13-14-42(22-31)24(4)43)35(45)40-32(18-27-16-28(37)19-29(38)17-27)34(44)21-39-20-26-12-8-11-25(7-3)15-26/h8,11-12,15-17,19,30-34,39,44H,5-7,9-10,13-14,18,20-23H2,1-4H3,(H,40,45)(H,41,46)/t31-,32+,33?,34-/m1/s1. The van der Waals surface area contributed by atoms with E-state index >= 15 is 0 Å². The van der Waals surface area contributed by atoms with Gasteiger partial charge in [0.2, 0.25) is 11.8 Å². The van der Waals surface area contributed by atoms with Gasteiger partial charge in [0.1, 0.15) is 23.8 Å². The number of rotatable bonds is 21. The number of carbonyl (C=O) groups is 3. The Morgan fingerprint density at radius 1 is 1.00 bits per heavy atom. The Hall–Kier alpha value is -3.30. The van der Waals surface area contributed by atoms with E-state index in [1.54, 1.807) is 4.90 Å². The zero-order valence-corrected chi connectivity index (χ0v) is 30.2. The van der Waals surface area contributed by atoms with E-state index in [9.17, 15) is 28.3 Å². The minimum atomic E-state index is -1.21. The molecular formula is C36H52F2N4O7S. The van der Waals surface area contributed by atoms with Gasteiger partial charge in [-0.05, 0) is 54.5 Å². The maximum Gasteiger partial charge on any atom is 0.408 e. The van der Waals surface area contributed by atoms with Crippen LogP contribution in [0.5, 0.6) is 0 Å². The van der Waals surface area contributed by atoms with E-state index in [0.717, 1.165) is 67.9 Å². The first-order valence-corrected chi connectivity index (χ1v) is 18.3. The van der Waals surface area contributed by atoms with Crippen molar-refractivity contribution in [2.75, 3.05) is 25.4 Å². The summed E-state index contributed by atoms with van der Waals surface area (Å²) in [5, 5.41) is 19.8. The number of amides is 3. The molecule has 0 aromatic heterocycles. The highest BCUT2D eigenvalue weighted by Gasteiger charge is 2.31. The highest BCUT2D eigenvalue weighted by atomic mass is 32.2. The lowest BCUT2D eigenvalue weighted by Crippen LogP contribution is -2.55. The van der Waals surface area contributed by atoms with Gasteiger partial charge in [0.05, 0.1) is 30.5 Å². The van der Waals surface area contributed by atoms with Crippen molar-refractivity contribution in [1.82, 2.24) is 20.9 Å². The van der Waals surface area contributed by atoms with Crippen LogP contribution in [0.3, 0.4) is 0 Å². The molecule has 0 aliphatic carbocycles. The number of hydrogen-bond donors (Lipinski definition) is 4. The number of halogens is 2. The van der Waals surface area contributed by atoms with Crippen molar-refractivity contribution in [1.29, 1.82) is 0 Å². The molecule has 1 unspecified atom stereocenters. The molecule has 278 valence electrons. The molecule has 2 aromatic rings. The van der Waals surface area contributed by atoms with Crippen LogP contribution >= 0.6 is 12.0 Å². The first kappa shape index (κ1) is 41.1. The maximum absolute atomic E-state index is 14.1. The molecule has 14 heteroatoms. The average Bonchev–Trinajstić information content (AvgIpc) is 3.54. The smallest absolute Gasteiger partial charge is 0.408 e. The predicted octanol–water partition coefficient (Wildman–Crippen LogP) is 4.99. The molecule has 1 aliphatic heterocycles. The van der Waals surface area contributed by atoms with Gasteiger partial charge in [-0.25, -0.2) is 18.5 Å². The monoisotopic (exact) mass is 722 g/mol. The fourth-order valence-corrected chi connectivity index (χ4v) is 6.29. The third kappa shape index (κ3) is 14.5. The molecule has 0 bridgehead atoms. The summed E-state index contributed by atoms with van der Waals surface area (Å²) in [6.45, 7) is 8.78. The summed E-state index contributed by atoms with van der Waals surface area (Å²) in [6, 6.07) is 8.82. The van der Waals surface area contributed by atoms with Crippen LogP contribution in [0.1, 0.15) is 76.5 Å². The Bertz CT molecular complexity index is 1350. The molecule has 1 saturated heterocycles. The zero-order chi connectivity index (χ0) is 36.5. The highest BCUT2D eigenvalue weighted by Crippen LogP contribution is 2.17. The van der Waals surface area contributed by atoms with Gasteiger partial charge in [-0.3, -0.25) is 9.59 Å². The summed E-state index contributed by atoms with van der Waals surface area (Å²) in [5.41, 5.74) is 2.41. The van der Waals surface area contributed by atoms with Gasteiger partial charge in [0, 0.05) is 51.1 Å². The number of likely N-dealkylation sites (tertiary alicyclic amines) is 1. The second kappa shape index (κ2) is 21.8. The first-order chi connectivity index (χ1) is 24.0. The Morgan fingerprint density at radius 3 is 2.34 bits per heavy atom. The number of nitrogens with one attached hydrogen (secondary N) is 3. The van der Waals surface area contributed by atoms with Crippen molar-refractivity contribution in [3.05, 3.63) is 70.8 Å². The quantitative estimate of drug-likeness (QED) is 0.0608. The van der Waals surface area contributed by atoms with E-state index in [0.29, 0.717) is 19.5 Å². The van der Waals surface area contributed by atoms with Crippen molar-refractivity contribution in [2.45, 2.75) is 110 Å². The van der Waals surface area contributed by atoms with Gasteiger partial charge in [-0.1, -0.05) is 57.9 Å². The fraction of sp³-hybridized carbons (Fsp3) is 0.583. The number of aliphatic hydroxyl groups excluding tert-OH is 1. The average molecular weight is 723 g/mol. The van der Waals surface area contributed by atoms with Crippen LogP contribution in [0.4, 0.5) is 13.6 Å². The van der Waals surface area contributed by atoms with E-state index in [1.807, 2.05) is 32.0 Å². The van der Waals surface area contributed by atoms with Crippen LogP contribution in [-0.2, 0) is 42.9 Å². The molecule has 3 rings (SSSR count).